The van der Waals surface area contributed by atoms with Gasteiger partial charge in [0.05, 0.1) is 17.0 Å². The van der Waals surface area contributed by atoms with Gasteiger partial charge in [-0.15, -0.1) is 0 Å². The number of fused-ring (bicyclic) bond motifs is 1. The fourth-order valence-corrected chi connectivity index (χ4v) is 12.8. The van der Waals surface area contributed by atoms with Crippen LogP contribution in [0.1, 0.15) is 59.0 Å². The van der Waals surface area contributed by atoms with Crippen LogP contribution >= 0.6 is 0 Å². The molecular formula is C33H42N2O6SSi. The summed E-state index contributed by atoms with van der Waals surface area (Å²) < 4.78 is 43.3. The topological polar surface area (TPSA) is 121 Å². The van der Waals surface area contributed by atoms with E-state index in [0.717, 1.165) is 6.26 Å². The number of hydrogen-bond donors (Lipinski definition) is 2. The summed E-state index contributed by atoms with van der Waals surface area (Å²) in [7, 11) is -5.95. The molecule has 0 spiro atoms. The Bertz CT molecular complexity index is 1690. The van der Waals surface area contributed by atoms with E-state index in [-0.39, 0.29) is 26.8 Å². The summed E-state index contributed by atoms with van der Waals surface area (Å²) >= 11 is 0. The molecule has 4 aromatic rings. The number of nitrogens with two attached hydrogens (primary N) is 1. The lowest BCUT2D eigenvalue weighted by Crippen LogP contribution is -2.64. The molecule has 0 aliphatic rings. The molecule has 3 N–H and O–H groups in total. The lowest BCUT2D eigenvalue weighted by atomic mass is 10.2. The molecular weight excluding hydrogens is 581 g/mol. The molecule has 4 rings (SSSR count). The van der Waals surface area contributed by atoms with Gasteiger partial charge in [-0.05, 0) is 58.6 Å². The molecule has 1 aromatic heterocycles. The first-order valence-corrected chi connectivity index (χ1v) is 18.0. The number of amides is 1. The fourth-order valence-electron chi connectivity index (χ4n) is 6.03. The number of H-pyrrole nitrogens is 1. The highest BCUT2D eigenvalue weighted by Crippen LogP contribution is 2.51. The Hall–Kier alpha value is -3.60. The number of aromatic amines is 1. The normalized spacial score (nSPS) is 13.6. The largest absolute Gasteiger partial charge is 0.486 e. The molecule has 0 fully saturated rings. The minimum Gasteiger partial charge on any atom is -0.486 e. The molecule has 10 heteroatoms. The van der Waals surface area contributed by atoms with Crippen LogP contribution in [0.4, 0.5) is 0 Å². The van der Waals surface area contributed by atoms with Crippen molar-refractivity contribution in [2.45, 2.75) is 69.5 Å². The highest BCUT2D eigenvalue weighted by molar-refractivity contribution is 7.90. The molecule has 1 amide bonds. The lowest BCUT2D eigenvalue weighted by Gasteiger charge is -2.51. The van der Waals surface area contributed by atoms with Gasteiger partial charge in [-0.1, -0.05) is 71.9 Å². The first kappa shape index (κ1) is 32.3. The Balaban J connectivity index is 1.66. The molecule has 1 heterocycles. The van der Waals surface area contributed by atoms with Crippen LogP contribution in [0, 0.1) is 0 Å². The van der Waals surface area contributed by atoms with Gasteiger partial charge in [0, 0.05) is 17.7 Å². The summed E-state index contributed by atoms with van der Waals surface area (Å²) in [6.07, 6.45) is 0.802. The molecule has 0 saturated carbocycles. The van der Waals surface area contributed by atoms with Crippen LogP contribution in [-0.4, -0.2) is 46.6 Å². The summed E-state index contributed by atoms with van der Waals surface area (Å²) in [6.45, 7) is 15.8. The van der Waals surface area contributed by atoms with Crippen molar-refractivity contribution in [1.82, 2.24) is 4.98 Å². The van der Waals surface area contributed by atoms with E-state index >= 15 is 0 Å². The number of benzene rings is 3. The van der Waals surface area contributed by atoms with Gasteiger partial charge in [0.15, 0.2) is 9.84 Å². The highest BCUT2D eigenvalue weighted by atomic mass is 32.2. The zero-order valence-corrected chi connectivity index (χ0v) is 28.0. The van der Waals surface area contributed by atoms with Gasteiger partial charge in [-0.2, -0.15) is 0 Å². The summed E-state index contributed by atoms with van der Waals surface area (Å²) in [5.41, 5.74) is 6.42. The Morgan fingerprint density at radius 1 is 0.907 bits per heavy atom. The molecule has 1 unspecified atom stereocenters. The van der Waals surface area contributed by atoms with Crippen molar-refractivity contribution < 1.29 is 27.1 Å². The van der Waals surface area contributed by atoms with E-state index in [9.17, 15) is 13.2 Å². The van der Waals surface area contributed by atoms with Crippen molar-refractivity contribution in [3.05, 3.63) is 78.5 Å². The zero-order chi connectivity index (χ0) is 31.8. The van der Waals surface area contributed by atoms with Crippen molar-refractivity contribution in [2.75, 3.05) is 12.9 Å². The van der Waals surface area contributed by atoms with E-state index in [1.54, 1.807) is 30.3 Å². The first-order valence-electron chi connectivity index (χ1n) is 14.2. The van der Waals surface area contributed by atoms with Gasteiger partial charge in [-0.25, -0.2) is 8.42 Å². The maximum absolute atomic E-state index is 12.0. The molecule has 0 radical (unpaired) electrons. The number of nitrogens with one attached hydrogen (secondary N) is 1. The van der Waals surface area contributed by atoms with Gasteiger partial charge in [0.1, 0.15) is 29.0 Å². The predicted octanol–water partition coefficient (Wildman–Crippen LogP) is 6.70. The summed E-state index contributed by atoms with van der Waals surface area (Å²) in [6, 6.07) is 21.8. The molecule has 43 heavy (non-hydrogen) atoms. The fraction of sp³-hybridized carbons (Fsp3) is 0.364. The van der Waals surface area contributed by atoms with Crippen LogP contribution in [0.5, 0.6) is 17.2 Å². The average Bonchev–Trinajstić information content (AvgIpc) is 3.33. The van der Waals surface area contributed by atoms with E-state index in [1.165, 1.54) is 17.3 Å². The van der Waals surface area contributed by atoms with Crippen LogP contribution in [0.15, 0.2) is 77.7 Å². The first-order chi connectivity index (χ1) is 19.9. The van der Waals surface area contributed by atoms with E-state index in [0.29, 0.717) is 34.8 Å². The van der Waals surface area contributed by atoms with Crippen molar-refractivity contribution in [2.24, 2.45) is 5.73 Å². The minimum atomic E-state index is -3.33. The predicted molar refractivity (Wildman–Crippen MR) is 174 cm³/mol. The van der Waals surface area contributed by atoms with Crippen molar-refractivity contribution in [3.8, 4) is 17.2 Å². The molecule has 1 atom stereocenters. The quantitative estimate of drug-likeness (QED) is 0.190. The molecule has 0 aliphatic carbocycles. The number of rotatable bonds is 10. The van der Waals surface area contributed by atoms with Crippen molar-refractivity contribution >= 4 is 40.2 Å². The number of carbonyl (C=O) groups is 1. The van der Waals surface area contributed by atoms with Gasteiger partial charge in [0.2, 0.25) is 8.32 Å². The van der Waals surface area contributed by atoms with Crippen LogP contribution in [0.25, 0.3) is 10.9 Å². The number of hydrogen-bond acceptors (Lipinski definition) is 6. The molecule has 0 aliphatic heterocycles. The van der Waals surface area contributed by atoms with Crippen molar-refractivity contribution in [3.63, 3.8) is 0 Å². The number of carbonyl (C=O) groups excluding carboxylic acids is 1. The van der Waals surface area contributed by atoms with Crippen molar-refractivity contribution in [1.29, 1.82) is 0 Å². The number of primary amides is 1. The minimum absolute atomic E-state index is 0.115. The summed E-state index contributed by atoms with van der Waals surface area (Å²) in [4.78, 5) is 15.3. The third kappa shape index (κ3) is 6.81. The molecule has 3 aromatic carbocycles. The van der Waals surface area contributed by atoms with Crippen LogP contribution < -0.4 is 20.4 Å². The van der Waals surface area contributed by atoms with Gasteiger partial charge < -0.3 is 24.6 Å². The second kappa shape index (κ2) is 11.8. The number of sulfone groups is 1. The van der Waals surface area contributed by atoms with Crippen LogP contribution in [0.2, 0.25) is 10.1 Å². The maximum Gasteiger partial charge on any atom is 0.265 e. The Kier molecular flexibility index (Phi) is 8.88. The van der Waals surface area contributed by atoms with Crippen LogP contribution in [-0.2, 0) is 14.3 Å². The second-order valence-corrected chi connectivity index (χ2v) is 20.3. The smallest absolute Gasteiger partial charge is 0.265 e. The van der Waals surface area contributed by atoms with E-state index in [2.05, 4.69) is 70.8 Å². The SMILES string of the molecule is CC(CO[Si](c1ccccc1)(C(C)(C)C)C(C)(C)C)Oc1cc(Oc2ccc(S(C)(=O)=O)cc2)cc2cc(C(N)=O)[nH]c12. The average molecular weight is 623 g/mol. The summed E-state index contributed by atoms with van der Waals surface area (Å²) in [5, 5.41) is 1.68. The third-order valence-electron chi connectivity index (χ3n) is 7.57. The van der Waals surface area contributed by atoms with E-state index in [4.69, 9.17) is 19.6 Å². The van der Waals surface area contributed by atoms with Gasteiger partial charge in [-0.3, -0.25) is 4.79 Å². The van der Waals surface area contributed by atoms with Gasteiger partial charge >= 0.3 is 0 Å². The molecule has 0 bridgehead atoms. The molecule has 230 valence electrons. The van der Waals surface area contributed by atoms with Gasteiger partial charge in [0.25, 0.3) is 5.91 Å². The van der Waals surface area contributed by atoms with E-state index in [1.807, 2.05) is 13.0 Å². The third-order valence-corrected chi connectivity index (χ3v) is 14.7. The highest BCUT2D eigenvalue weighted by Gasteiger charge is 2.56. The lowest BCUT2D eigenvalue weighted by molar-refractivity contribution is 0.0996. The van der Waals surface area contributed by atoms with Crippen LogP contribution in [0.3, 0.4) is 0 Å². The number of aromatic nitrogens is 1. The molecule has 8 nitrogen and oxygen atoms in total. The summed E-state index contributed by atoms with van der Waals surface area (Å²) in [5.74, 6) is 0.789. The van der Waals surface area contributed by atoms with E-state index < -0.39 is 24.1 Å². The zero-order valence-electron chi connectivity index (χ0n) is 26.1. The monoisotopic (exact) mass is 622 g/mol. The second-order valence-electron chi connectivity index (χ2n) is 13.1. The Morgan fingerprint density at radius 3 is 2.05 bits per heavy atom. The number of ether oxygens (including phenoxy) is 2. The Morgan fingerprint density at radius 2 is 1.51 bits per heavy atom. The standard InChI is InChI=1S/C33H42N2O6SSi/c1-22(21-39-43(32(2,3)4,33(5,6)7)27-12-10-9-11-13-27)40-29-20-25(18-23-19-28(31(34)36)35-30(23)29)41-24-14-16-26(17-15-24)42(8,37)38/h9-20,22,35H,21H2,1-8H3,(H2,34,36). The Labute approximate surface area is 255 Å². The molecule has 0 saturated heterocycles. The maximum atomic E-state index is 12.0.